The number of hydrogen-bond donors (Lipinski definition) is 2. The average molecular weight is 477 g/mol. The highest BCUT2D eigenvalue weighted by atomic mass is 127. The molecule has 8 heteroatoms. The van der Waals surface area contributed by atoms with Crippen LogP contribution in [0.5, 0.6) is 0 Å². The Balaban J connectivity index is 0.00000312. The van der Waals surface area contributed by atoms with E-state index in [2.05, 4.69) is 39.7 Å². The fourth-order valence-electron chi connectivity index (χ4n) is 2.45. The number of aromatic nitrogens is 2. The molecule has 2 rings (SSSR count). The molecule has 0 saturated carbocycles. The maximum absolute atomic E-state index is 6.19. The maximum atomic E-state index is 6.19. The lowest BCUT2D eigenvalue weighted by molar-refractivity contribution is 0.298. The van der Waals surface area contributed by atoms with E-state index in [4.69, 9.17) is 11.6 Å². The van der Waals surface area contributed by atoms with Crippen LogP contribution in [-0.2, 0) is 13.6 Å². The molecule has 0 amide bonds. The molecule has 0 spiro atoms. The molecule has 1 aromatic carbocycles. The minimum absolute atomic E-state index is 0. The fraction of sp³-hybridized carbons (Fsp3) is 0.412. The Hall–Kier alpha value is -1.32. The Morgan fingerprint density at radius 1 is 1.32 bits per heavy atom. The Bertz CT molecular complexity index is 685. The number of aryl methyl sites for hydroxylation is 1. The number of benzene rings is 1. The summed E-state index contributed by atoms with van der Waals surface area (Å²) >= 11 is 6.19. The third-order valence-corrected chi connectivity index (χ3v) is 4.19. The van der Waals surface area contributed by atoms with E-state index in [1.165, 1.54) is 0 Å². The molecular weight excluding hydrogens is 451 g/mol. The van der Waals surface area contributed by atoms with Crippen LogP contribution in [0.3, 0.4) is 0 Å². The van der Waals surface area contributed by atoms with Gasteiger partial charge in [-0.2, -0.15) is 5.10 Å². The van der Waals surface area contributed by atoms with Gasteiger partial charge in [-0.15, -0.1) is 24.0 Å². The van der Waals surface area contributed by atoms with Crippen molar-refractivity contribution < 1.29 is 0 Å². The summed E-state index contributed by atoms with van der Waals surface area (Å²) in [7, 11) is 7.79. The topological polar surface area (TPSA) is 57.5 Å². The minimum Gasteiger partial charge on any atom is -0.354 e. The summed E-state index contributed by atoms with van der Waals surface area (Å²) in [6, 6.07) is 8.00. The second kappa shape index (κ2) is 10.6. The number of aliphatic imine (C=N–C) groups is 1. The first-order valence-corrected chi connectivity index (χ1v) is 8.22. The number of guanidine groups is 1. The van der Waals surface area contributed by atoms with Crippen molar-refractivity contribution in [3.05, 3.63) is 52.8 Å². The quantitative estimate of drug-likeness (QED) is 0.382. The van der Waals surface area contributed by atoms with Crippen LogP contribution in [0.4, 0.5) is 0 Å². The van der Waals surface area contributed by atoms with Crippen molar-refractivity contribution in [1.29, 1.82) is 0 Å². The van der Waals surface area contributed by atoms with Crippen molar-refractivity contribution in [2.75, 3.05) is 27.7 Å². The molecule has 0 radical (unpaired) electrons. The molecule has 2 aromatic rings. The first kappa shape index (κ1) is 21.7. The number of likely N-dealkylation sites (N-methyl/N-ethyl adjacent to an activating group) is 1. The van der Waals surface area contributed by atoms with Crippen LogP contribution in [0.2, 0.25) is 5.02 Å². The molecule has 0 saturated heterocycles. The average Bonchev–Trinajstić information content (AvgIpc) is 2.98. The third kappa shape index (κ3) is 6.48. The van der Waals surface area contributed by atoms with E-state index in [0.717, 1.165) is 28.7 Å². The van der Waals surface area contributed by atoms with E-state index in [-0.39, 0.29) is 30.0 Å². The van der Waals surface area contributed by atoms with E-state index in [1.807, 2.05) is 48.4 Å². The van der Waals surface area contributed by atoms with Crippen molar-refractivity contribution in [2.24, 2.45) is 12.0 Å². The van der Waals surface area contributed by atoms with Gasteiger partial charge in [0, 0.05) is 44.0 Å². The lowest BCUT2D eigenvalue weighted by Crippen LogP contribution is -2.41. The summed E-state index contributed by atoms with van der Waals surface area (Å²) in [5.74, 6) is 0.741. The van der Waals surface area contributed by atoms with Crippen LogP contribution >= 0.6 is 35.6 Å². The zero-order valence-electron chi connectivity index (χ0n) is 15.0. The standard InChI is InChI=1S/C17H25ClN6.HI/c1-19-17(20-9-13-7-5-6-8-15(13)18)21-11-16(23(2)3)14-10-22-24(4)12-14;/h5-8,10,12,16H,9,11H2,1-4H3,(H2,19,20,21);1H. The number of nitrogens with zero attached hydrogens (tertiary/aromatic N) is 4. The SMILES string of the molecule is CN=C(NCc1ccccc1Cl)NCC(c1cnn(C)c1)N(C)C.I. The van der Waals surface area contributed by atoms with Crippen molar-refractivity contribution in [3.63, 3.8) is 0 Å². The zero-order chi connectivity index (χ0) is 17.5. The summed E-state index contributed by atoms with van der Waals surface area (Å²) in [4.78, 5) is 6.43. The van der Waals surface area contributed by atoms with Gasteiger partial charge in [0.05, 0.1) is 12.2 Å². The molecule has 138 valence electrons. The van der Waals surface area contributed by atoms with Crippen LogP contribution in [-0.4, -0.2) is 48.3 Å². The second-order valence-electron chi connectivity index (χ2n) is 5.82. The molecule has 2 N–H and O–H groups in total. The fourth-order valence-corrected chi connectivity index (χ4v) is 2.65. The van der Waals surface area contributed by atoms with Crippen molar-refractivity contribution >= 4 is 41.5 Å². The van der Waals surface area contributed by atoms with Crippen LogP contribution in [0.1, 0.15) is 17.2 Å². The van der Waals surface area contributed by atoms with Gasteiger partial charge in [0.2, 0.25) is 0 Å². The van der Waals surface area contributed by atoms with Gasteiger partial charge < -0.3 is 15.5 Å². The molecule has 1 unspecified atom stereocenters. The smallest absolute Gasteiger partial charge is 0.191 e. The highest BCUT2D eigenvalue weighted by molar-refractivity contribution is 14.0. The largest absolute Gasteiger partial charge is 0.354 e. The Morgan fingerprint density at radius 2 is 2.04 bits per heavy atom. The van der Waals surface area contributed by atoms with Crippen molar-refractivity contribution in [1.82, 2.24) is 25.3 Å². The Morgan fingerprint density at radius 3 is 2.60 bits per heavy atom. The van der Waals surface area contributed by atoms with Crippen LogP contribution < -0.4 is 10.6 Å². The minimum atomic E-state index is 0. The van der Waals surface area contributed by atoms with E-state index in [1.54, 1.807) is 7.05 Å². The van der Waals surface area contributed by atoms with Gasteiger partial charge in [-0.3, -0.25) is 9.67 Å². The summed E-state index contributed by atoms with van der Waals surface area (Å²) in [6.45, 7) is 1.35. The predicted octanol–water partition coefficient (Wildman–Crippen LogP) is 2.66. The highest BCUT2D eigenvalue weighted by Crippen LogP contribution is 2.16. The number of halogens is 2. The zero-order valence-corrected chi connectivity index (χ0v) is 18.1. The predicted molar refractivity (Wildman–Crippen MR) is 115 cm³/mol. The molecule has 0 aliphatic rings. The summed E-state index contributed by atoms with van der Waals surface area (Å²) in [5.41, 5.74) is 2.20. The van der Waals surface area contributed by atoms with Crippen molar-refractivity contribution in [2.45, 2.75) is 12.6 Å². The molecule has 25 heavy (non-hydrogen) atoms. The number of rotatable bonds is 6. The van der Waals surface area contributed by atoms with Crippen LogP contribution in [0.25, 0.3) is 0 Å². The van der Waals surface area contributed by atoms with E-state index >= 15 is 0 Å². The van der Waals surface area contributed by atoms with Gasteiger partial charge in [0.15, 0.2) is 5.96 Å². The third-order valence-electron chi connectivity index (χ3n) is 3.82. The number of hydrogen-bond acceptors (Lipinski definition) is 3. The van der Waals surface area contributed by atoms with Crippen molar-refractivity contribution in [3.8, 4) is 0 Å². The second-order valence-corrected chi connectivity index (χ2v) is 6.23. The molecule has 1 aromatic heterocycles. The normalized spacial score (nSPS) is 12.6. The molecule has 1 heterocycles. The van der Waals surface area contributed by atoms with E-state index in [9.17, 15) is 0 Å². The van der Waals surface area contributed by atoms with Gasteiger partial charge in [-0.1, -0.05) is 29.8 Å². The summed E-state index contributed by atoms with van der Waals surface area (Å²) < 4.78 is 1.82. The molecule has 0 aliphatic carbocycles. The van der Waals surface area contributed by atoms with Crippen LogP contribution in [0.15, 0.2) is 41.7 Å². The maximum Gasteiger partial charge on any atom is 0.191 e. The van der Waals surface area contributed by atoms with Gasteiger partial charge in [-0.05, 0) is 25.7 Å². The van der Waals surface area contributed by atoms with Gasteiger partial charge in [0.25, 0.3) is 0 Å². The van der Waals surface area contributed by atoms with Gasteiger partial charge in [0.1, 0.15) is 0 Å². The lowest BCUT2D eigenvalue weighted by atomic mass is 10.1. The van der Waals surface area contributed by atoms with E-state index < -0.39 is 0 Å². The Kier molecular flexibility index (Phi) is 9.23. The highest BCUT2D eigenvalue weighted by Gasteiger charge is 2.16. The summed E-state index contributed by atoms with van der Waals surface area (Å²) in [6.07, 6.45) is 3.93. The molecule has 0 fully saturated rings. The monoisotopic (exact) mass is 476 g/mol. The van der Waals surface area contributed by atoms with E-state index in [0.29, 0.717) is 6.54 Å². The molecule has 6 nitrogen and oxygen atoms in total. The molecule has 0 bridgehead atoms. The van der Waals surface area contributed by atoms with Gasteiger partial charge in [-0.25, -0.2) is 0 Å². The molecule has 1 atom stereocenters. The molecule has 0 aliphatic heterocycles. The first-order valence-electron chi connectivity index (χ1n) is 7.84. The van der Waals surface area contributed by atoms with Gasteiger partial charge >= 0.3 is 0 Å². The van der Waals surface area contributed by atoms with Crippen LogP contribution in [0, 0.1) is 0 Å². The molecular formula is C17H26ClIN6. The summed E-state index contributed by atoms with van der Waals surface area (Å²) in [5, 5.41) is 11.7. The lowest BCUT2D eigenvalue weighted by Gasteiger charge is -2.24. The number of nitrogens with one attached hydrogen (secondary N) is 2. The Labute approximate surface area is 171 Å². The first-order chi connectivity index (χ1) is 11.5.